The van der Waals surface area contributed by atoms with Crippen LogP contribution in [0.3, 0.4) is 0 Å². The van der Waals surface area contributed by atoms with Crippen molar-refractivity contribution in [3.63, 3.8) is 0 Å². The molecule has 0 bridgehead atoms. The number of nitrogens with zero attached hydrogens (tertiary/aromatic N) is 1. The summed E-state index contributed by atoms with van der Waals surface area (Å²) in [4.78, 5) is 28.8. The molecule has 0 fully saturated rings. The van der Waals surface area contributed by atoms with Crippen LogP contribution in [-0.2, 0) is 16.0 Å². The number of benzene rings is 1. The molecule has 0 aliphatic heterocycles. The summed E-state index contributed by atoms with van der Waals surface area (Å²) >= 11 is 1.66. The van der Waals surface area contributed by atoms with Gasteiger partial charge in [0.15, 0.2) is 0 Å². The molecular weight excluding hydrogens is 322 g/mol. The average Bonchev–Trinajstić information content (AvgIpc) is 3.01. The Morgan fingerprint density at radius 1 is 1.33 bits per heavy atom. The largest absolute Gasteiger partial charge is 0.355 e. The minimum absolute atomic E-state index is 0.0296. The van der Waals surface area contributed by atoms with E-state index in [1.165, 1.54) is 11.0 Å². The van der Waals surface area contributed by atoms with Gasteiger partial charge in [0.25, 0.3) is 0 Å². The molecular formula is C18H21N3O2S. The minimum atomic E-state index is -0.257. The molecule has 1 atom stereocenters. The lowest BCUT2D eigenvalue weighted by molar-refractivity contribution is -0.120. The fourth-order valence-corrected chi connectivity index (χ4v) is 2.93. The van der Waals surface area contributed by atoms with Crippen molar-refractivity contribution in [1.82, 2.24) is 10.3 Å². The zero-order valence-electron chi connectivity index (χ0n) is 13.8. The third-order valence-electron chi connectivity index (χ3n) is 3.44. The van der Waals surface area contributed by atoms with Crippen LogP contribution in [0.4, 0.5) is 5.69 Å². The van der Waals surface area contributed by atoms with E-state index in [9.17, 15) is 9.59 Å². The van der Waals surface area contributed by atoms with Crippen LogP contribution in [0, 0.1) is 6.92 Å². The number of thiazole rings is 1. The van der Waals surface area contributed by atoms with Crippen LogP contribution < -0.4 is 10.6 Å². The van der Waals surface area contributed by atoms with Gasteiger partial charge in [0.05, 0.1) is 11.4 Å². The number of carbonyl (C=O) groups excluding carboxylic acids is 2. The van der Waals surface area contributed by atoms with Crippen molar-refractivity contribution < 1.29 is 9.59 Å². The van der Waals surface area contributed by atoms with E-state index < -0.39 is 0 Å². The SMILES string of the molecule is C=CC(=O)Nc1ccc(CC(=O)NCC(C)c2ncc(C)s2)cc1. The monoisotopic (exact) mass is 343 g/mol. The van der Waals surface area contributed by atoms with E-state index in [1.807, 2.05) is 25.3 Å². The molecule has 0 aliphatic carbocycles. The van der Waals surface area contributed by atoms with Crippen LogP contribution in [0.1, 0.15) is 28.3 Å². The van der Waals surface area contributed by atoms with Crippen LogP contribution in [0.25, 0.3) is 0 Å². The van der Waals surface area contributed by atoms with Crippen molar-refractivity contribution in [2.24, 2.45) is 0 Å². The number of hydrogen-bond acceptors (Lipinski definition) is 4. The number of amides is 2. The molecule has 126 valence electrons. The molecule has 1 heterocycles. The van der Waals surface area contributed by atoms with Gasteiger partial charge >= 0.3 is 0 Å². The maximum Gasteiger partial charge on any atom is 0.247 e. The maximum absolute atomic E-state index is 12.1. The zero-order chi connectivity index (χ0) is 17.5. The second kappa shape index (κ2) is 8.40. The van der Waals surface area contributed by atoms with Crippen molar-refractivity contribution in [3.05, 3.63) is 58.6 Å². The summed E-state index contributed by atoms with van der Waals surface area (Å²) in [7, 11) is 0. The molecule has 0 aliphatic rings. The number of aromatic nitrogens is 1. The van der Waals surface area contributed by atoms with Crippen LogP contribution in [0.15, 0.2) is 43.1 Å². The Morgan fingerprint density at radius 2 is 2.04 bits per heavy atom. The molecule has 6 heteroatoms. The van der Waals surface area contributed by atoms with Gasteiger partial charge in [0, 0.05) is 29.2 Å². The van der Waals surface area contributed by atoms with E-state index in [0.717, 1.165) is 10.6 Å². The smallest absolute Gasteiger partial charge is 0.247 e. The van der Waals surface area contributed by atoms with E-state index >= 15 is 0 Å². The van der Waals surface area contributed by atoms with E-state index in [1.54, 1.807) is 23.5 Å². The van der Waals surface area contributed by atoms with Crippen LogP contribution in [0.5, 0.6) is 0 Å². The first kappa shape index (κ1) is 17.9. The highest BCUT2D eigenvalue weighted by atomic mass is 32.1. The number of rotatable bonds is 7. The molecule has 0 radical (unpaired) electrons. The standard InChI is InChI=1S/C18H21N3O2S/c1-4-16(22)21-15-7-5-14(6-8-15)9-17(23)19-10-12(2)18-20-11-13(3)24-18/h4-8,11-12H,1,9-10H2,2-3H3,(H,19,23)(H,21,22). The molecule has 0 saturated heterocycles. The van der Waals surface area contributed by atoms with Gasteiger partial charge in [-0.1, -0.05) is 25.6 Å². The topological polar surface area (TPSA) is 71.1 Å². The Kier molecular flexibility index (Phi) is 6.26. The minimum Gasteiger partial charge on any atom is -0.355 e. The van der Waals surface area contributed by atoms with Gasteiger partial charge in [-0.25, -0.2) is 4.98 Å². The van der Waals surface area contributed by atoms with E-state index in [-0.39, 0.29) is 17.7 Å². The van der Waals surface area contributed by atoms with Crippen LogP contribution in [-0.4, -0.2) is 23.3 Å². The first-order chi connectivity index (χ1) is 11.5. The lowest BCUT2D eigenvalue weighted by Crippen LogP contribution is -2.28. The normalized spacial score (nSPS) is 11.6. The maximum atomic E-state index is 12.1. The second-order valence-corrected chi connectivity index (χ2v) is 6.85. The average molecular weight is 343 g/mol. The Labute approximate surface area is 145 Å². The Bertz CT molecular complexity index is 722. The van der Waals surface area contributed by atoms with Crippen LogP contribution in [0.2, 0.25) is 0 Å². The molecule has 2 rings (SSSR count). The summed E-state index contributed by atoms with van der Waals surface area (Å²) in [6.07, 6.45) is 3.37. The number of anilines is 1. The summed E-state index contributed by atoms with van der Waals surface area (Å²) in [6, 6.07) is 7.19. The summed E-state index contributed by atoms with van der Waals surface area (Å²) < 4.78 is 0. The predicted octanol–water partition coefficient (Wildman–Crippen LogP) is 3.04. The van der Waals surface area contributed by atoms with Crippen molar-refractivity contribution in [2.75, 3.05) is 11.9 Å². The van der Waals surface area contributed by atoms with Gasteiger partial charge in [-0.2, -0.15) is 0 Å². The van der Waals surface area contributed by atoms with Crippen LogP contribution >= 0.6 is 11.3 Å². The summed E-state index contributed by atoms with van der Waals surface area (Å²) in [5, 5.41) is 6.65. The quantitative estimate of drug-likeness (QED) is 0.759. The third-order valence-corrected chi connectivity index (χ3v) is 4.58. The number of carbonyl (C=O) groups is 2. The van der Waals surface area contributed by atoms with Crippen molar-refractivity contribution >= 4 is 28.8 Å². The first-order valence-corrected chi connectivity index (χ1v) is 8.51. The number of hydrogen-bond donors (Lipinski definition) is 2. The van der Waals surface area contributed by atoms with Gasteiger partial charge in [0.1, 0.15) is 0 Å². The number of aryl methyl sites for hydroxylation is 1. The summed E-state index contributed by atoms with van der Waals surface area (Å²) in [5.74, 6) is -0.0888. The lowest BCUT2D eigenvalue weighted by Gasteiger charge is -2.10. The molecule has 0 spiro atoms. The fraction of sp³-hybridized carbons (Fsp3) is 0.278. The molecule has 1 aromatic heterocycles. The molecule has 0 saturated carbocycles. The number of nitrogens with one attached hydrogen (secondary N) is 2. The van der Waals surface area contributed by atoms with E-state index in [4.69, 9.17) is 0 Å². The molecule has 2 N–H and O–H groups in total. The Hall–Kier alpha value is -2.47. The molecule has 2 aromatic rings. The van der Waals surface area contributed by atoms with Gasteiger partial charge in [-0.15, -0.1) is 11.3 Å². The summed E-state index contributed by atoms with van der Waals surface area (Å²) in [5.41, 5.74) is 1.57. The van der Waals surface area contributed by atoms with Crippen molar-refractivity contribution in [2.45, 2.75) is 26.2 Å². The zero-order valence-corrected chi connectivity index (χ0v) is 14.7. The third kappa shape index (κ3) is 5.31. The predicted molar refractivity (Wildman–Crippen MR) is 97.2 cm³/mol. The molecule has 5 nitrogen and oxygen atoms in total. The first-order valence-electron chi connectivity index (χ1n) is 7.69. The van der Waals surface area contributed by atoms with E-state index in [2.05, 4.69) is 29.1 Å². The highest BCUT2D eigenvalue weighted by molar-refractivity contribution is 7.11. The van der Waals surface area contributed by atoms with E-state index in [0.29, 0.717) is 18.7 Å². The molecule has 2 amide bonds. The second-order valence-electron chi connectivity index (χ2n) is 5.58. The van der Waals surface area contributed by atoms with Gasteiger partial charge in [-0.05, 0) is 30.7 Å². The highest BCUT2D eigenvalue weighted by Crippen LogP contribution is 2.20. The van der Waals surface area contributed by atoms with Gasteiger partial charge < -0.3 is 10.6 Å². The Morgan fingerprint density at radius 3 is 2.62 bits per heavy atom. The fourth-order valence-electron chi connectivity index (χ4n) is 2.10. The van der Waals surface area contributed by atoms with Gasteiger partial charge in [0.2, 0.25) is 11.8 Å². The molecule has 24 heavy (non-hydrogen) atoms. The molecule has 1 unspecified atom stereocenters. The lowest BCUT2D eigenvalue weighted by atomic mass is 10.1. The molecule has 1 aromatic carbocycles. The van der Waals surface area contributed by atoms with Crippen molar-refractivity contribution in [1.29, 1.82) is 0 Å². The Balaban J connectivity index is 1.81. The highest BCUT2D eigenvalue weighted by Gasteiger charge is 2.11. The van der Waals surface area contributed by atoms with Crippen molar-refractivity contribution in [3.8, 4) is 0 Å². The summed E-state index contributed by atoms with van der Waals surface area (Å²) in [6.45, 7) is 8.04. The van der Waals surface area contributed by atoms with Gasteiger partial charge in [-0.3, -0.25) is 9.59 Å².